The fraction of sp³-hybridized carbons (Fsp3) is 0.125. The van der Waals surface area contributed by atoms with Crippen molar-refractivity contribution in [2.75, 3.05) is 0 Å². The van der Waals surface area contributed by atoms with Gasteiger partial charge in [0, 0.05) is 20.5 Å². The Kier molecular flexibility index (Phi) is 4.18. The van der Waals surface area contributed by atoms with Crippen LogP contribution < -0.4 is 0 Å². The van der Waals surface area contributed by atoms with Gasteiger partial charge in [0.2, 0.25) is 0 Å². The van der Waals surface area contributed by atoms with Crippen molar-refractivity contribution in [2.24, 2.45) is 0 Å². The minimum atomic E-state index is -3.83. The van der Waals surface area contributed by atoms with Crippen LogP contribution in [0.1, 0.15) is 11.1 Å². The number of nitriles is 1. The van der Waals surface area contributed by atoms with Crippen LogP contribution in [-0.2, 0) is 14.4 Å². The van der Waals surface area contributed by atoms with Crippen molar-refractivity contribution in [1.82, 2.24) is 0 Å². The number of hydrogen-bond donors (Lipinski definition) is 0. The third-order valence-corrected chi connectivity index (χ3v) is 4.57. The van der Waals surface area contributed by atoms with Crippen molar-refractivity contribution in [2.45, 2.75) is 10.2 Å². The highest BCUT2D eigenvalue weighted by atomic mass is 79.9. The van der Waals surface area contributed by atoms with Crippen molar-refractivity contribution < 1.29 is 8.42 Å². The van der Waals surface area contributed by atoms with Crippen molar-refractivity contribution in [3.63, 3.8) is 0 Å². The monoisotopic (exact) mass is 371 g/mol. The van der Waals surface area contributed by atoms with E-state index in [1.54, 1.807) is 6.07 Å². The summed E-state index contributed by atoms with van der Waals surface area (Å²) in [6.07, 6.45) is 0. The quantitative estimate of drug-likeness (QED) is 0.591. The first kappa shape index (κ1) is 13.0. The minimum Gasteiger partial charge on any atom is -0.207 e. The summed E-state index contributed by atoms with van der Waals surface area (Å²) >= 11 is 6.30. The Morgan fingerprint density at radius 1 is 1.47 bits per heavy atom. The lowest BCUT2D eigenvalue weighted by molar-refractivity contribution is 0.609. The SMILES string of the molecule is N#Cc1cc(S(=O)(=O)Cl)c(Br)cc1CBr. The number of alkyl halides is 1. The second-order valence-corrected chi connectivity index (χ2v) is 6.57. The van der Waals surface area contributed by atoms with E-state index in [1.807, 2.05) is 6.07 Å². The number of rotatable bonds is 2. The predicted octanol–water partition coefficient (Wildman–Crippen LogP) is 3.14. The van der Waals surface area contributed by atoms with E-state index in [2.05, 4.69) is 31.9 Å². The van der Waals surface area contributed by atoms with Crippen LogP contribution in [0.25, 0.3) is 0 Å². The van der Waals surface area contributed by atoms with Gasteiger partial charge < -0.3 is 0 Å². The molecule has 0 aromatic heterocycles. The van der Waals surface area contributed by atoms with E-state index in [9.17, 15) is 8.42 Å². The molecule has 0 spiro atoms. The van der Waals surface area contributed by atoms with Crippen molar-refractivity contribution in [3.8, 4) is 6.07 Å². The Bertz CT molecular complexity index is 536. The van der Waals surface area contributed by atoms with Gasteiger partial charge in [0.25, 0.3) is 9.05 Å². The molecule has 0 saturated heterocycles. The van der Waals surface area contributed by atoms with Gasteiger partial charge >= 0.3 is 0 Å². The molecule has 0 fully saturated rings. The molecule has 0 N–H and O–H groups in total. The van der Waals surface area contributed by atoms with Crippen molar-refractivity contribution in [3.05, 3.63) is 27.7 Å². The van der Waals surface area contributed by atoms with Crippen LogP contribution in [0.5, 0.6) is 0 Å². The zero-order valence-corrected chi connectivity index (χ0v) is 11.9. The molecule has 3 nitrogen and oxygen atoms in total. The molecule has 0 radical (unpaired) electrons. The molecule has 0 unspecified atom stereocenters. The van der Waals surface area contributed by atoms with Crippen LogP contribution in [0.2, 0.25) is 0 Å². The maximum Gasteiger partial charge on any atom is 0.262 e. The lowest BCUT2D eigenvalue weighted by atomic mass is 10.1. The summed E-state index contributed by atoms with van der Waals surface area (Å²) in [4.78, 5) is -0.0922. The van der Waals surface area contributed by atoms with E-state index >= 15 is 0 Å². The Morgan fingerprint density at radius 2 is 2.07 bits per heavy atom. The highest BCUT2D eigenvalue weighted by Gasteiger charge is 2.17. The lowest BCUT2D eigenvalue weighted by Crippen LogP contribution is -1.96. The molecule has 1 rings (SSSR count). The molecule has 0 saturated carbocycles. The van der Waals surface area contributed by atoms with Crippen LogP contribution in [0.15, 0.2) is 21.5 Å². The topological polar surface area (TPSA) is 57.9 Å². The van der Waals surface area contributed by atoms with Crippen molar-refractivity contribution >= 4 is 51.6 Å². The molecule has 7 heteroatoms. The van der Waals surface area contributed by atoms with E-state index in [0.717, 1.165) is 0 Å². The van der Waals surface area contributed by atoms with Crippen LogP contribution in [0.4, 0.5) is 0 Å². The standard InChI is InChI=1S/C8H4Br2ClNO2S/c9-3-5-1-7(10)8(15(11,13)14)2-6(5)4-12/h1-2H,3H2. The largest absolute Gasteiger partial charge is 0.262 e. The molecule has 0 heterocycles. The van der Waals surface area contributed by atoms with E-state index in [4.69, 9.17) is 15.9 Å². The highest BCUT2D eigenvalue weighted by molar-refractivity contribution is 9.10. The molecule has 1 aromatic carbocycles. The predicted molar refractivity (Wildman–Crippen MR) is 64.5 cm³/mol. The van der Waals surface area contributed by atoms with Crippen LogP contribution in [0, 0.1) is 11.3 Å². The maximum absolute atomic E-state index is 11.1. The zero-order valence-electron chi connectivity index (χ0n) is 7.17. The Morgan fingerprint density at radius 3 is 2.47 bits per heavy atom. The Labute approximate surface area is 109 Å². The molecule has 0 aliphatic heterocycles. The molecule has 0 aliphatic carbocycles. The summed E-state index contributed by atoms with van der Waals surface area (Å²) in [5, 5.41) is 9.28. The number of hydrogen-bond acceptors (Lipinski definition) is 3. The molecular formula is C8H4Br2ClNO2S. The molecule has 0 atom stereocenters. The third kappa shape index (κ3) is 2.94. The average Bonchev–Trinajstić information content (AvgIpc) is 2.15. The summed E-state index contributed by atoms with van der Waals surface area (Å²) in [7, 11) is 1.38. The van der Waals surface area contributed by atoms with Crippen LogP contribution in [-0.4, -0.2) is 8.42 Å². The Balaban J connectivity index is 3.55. The second-order valence-electron chi connectivity index (χ2n) is 2.62. The molecule has 1 aromatic rings. The van der Waals surface area contributed by atoms with Crippen LogP contribution in [0.3, 0.4) is 0 Å². The number of nitrogens with zero attached hydrogens (tertiary/aromatic N) is 1. The van der Waals surface area contributed by atoms with Gasteiger partial charge in [-0.3, -0.25) is 0 Å². The lowest BCUT2D eigenvalue weighted by Gasteiger charge is -2.05. The average molecular weight is 373 g/mol. The molecule has 0 amide bonds. The molecule has 0 aliphatic rings. The maximum atomic E-state index is 11.1. The molecule has 15 heavy (non-hydrogen) atoms. The van der Waals surface area contributed by atoms with E-state index in [-0.39, 0.29) is 10.5 Å². The fourth-order valence-electron chi connectivity index (χ4n) is 0.996. The summed E-state index contributed by atoms with van der Waals surface area (Å²) in [6, 6.07) is 4.72. The minimum absolute atomic E-state index is 0.0922. The van der Waals surface area contributed by atoms with Gasteiger partial charge in [-0.25, -0.2) is 8.42 Å². The fourth-order valence-corrected chi connectivity index (χ4v) is 3.70. The first-order valence-corrected chi connectivity index (χ1v) is 7.85. The summed E-state index contributed by atoms with van der Waals surface area (Å²) in [6.45, 7) is 0. The smallest absolute Gasteiger partial charge is 0.207 e. The Hall–Kier alpha value is -0.0900. The van der Waals surface area contributed by atoms with E-state index in [0.29, 0.717) is 15.4 Å². The van der Waals surface area contributed by atoms with Gasteiger partial charge in [-0.05, 0) is 33.6 Å². The second kappa shape index (κ2) is 4.83. The first-order chi connectivity index (χ1) is 6.90. The molecule has 0 bridgehead atoms. The first-order valence-electron chi connectivity index (χ1n) is 3.63. The van der Waals surface area contributed by atoms with E-state index in [1.165, 1.54) is 6.07 Å². The van der Waals surface area contributed by atoms with Gasteiger partial charge in [0.05, 0.1) is 16.5 Å². The summed E-state index contributed by atoms with van der Waals surface area (Å²) in [5.41, 5.74) is 0.989. The van der Waals surface area contributed by atoms with Gasteiger partial charge in [0.15, 0.2) is 0 Å². The summed E-state index contributed by atoms with van der Waals surface area (Å²) in [5.74, 6) is 0. The van der Waals surface area contributed by atoms with Gasteiger partial charge in [-0.15, -0.1) is 0 Å². The number of benzene rings is 1. The van der Waals surface area contributed by atoms with Gasteiger partial charge in [-0.1, -0.05) is 15.9 Å². The normalized spacial score (nSPS) is 11.1. The highest BCUT2D eigenvalue weighted by Crippen LogP contribution is 2.29. The van der Waals surface area contributed by atoms with E-state index < -0.39 is 9.05 Å². The molecular weight excluding hydrogens is 369 g/mol. The number of halogens is 3. The van der Waals surface area contributed by atoms with Crippen molar-refractivity contribution in [1.29, 1.82) is 5.26 Å². The zero-order chi connectivity index (χ0) is 11.6. The summed E-state index contributed by atoms with van der Waals surface area (Å²) < 4.78 is 22.6. The van der Waals surface area contributed by atoms with Gasteiger partial charge in [-0.2, -0.15) is 5.26 Å². The van der Waals surface area contributed by atoms with Gasteiger partial charge in [0.1, 0.15) is 0 Å². The molecule has 80 valence electrons. The van der Waals surface area contributed by atoms with Crippen LogP contribution >= 0.6 is 42.5 Å². The third-order valence-electron chi connectivity index (χ3n) is 1.68.